The third-order valence-electron chi connectivity index (χ3n) is 5.87. The van der Waals surface area contributed by atoms with Gasteiger partial charge in [-0.1, -0.05) is 6.07 Å². The molecule has 6 heteroatoms. The fourth-order valence-electron chi connectivity index (χ4n) is 4.10. The Morgan fingerprint density at radius 3 is 2.73 bits per heavy atom. The van der Waals surface area contributed by atoms with Crippen molar-refractivity contribution < 1.29 is 14.3 Å². The molecule has 1 aromatic rings. The first-order chi connectivity index (χ1) is 12.6. The first-order valence-corrected chi connectivity index (χ1v) is 9.76. The van der Waals surface area contributed by atoms with E-state index in [4.69, 9.17) is 4.74 Å². The minimum absolute atomic E-state index is 0.132. The van der Waals surface area contributed by atoms with E-state index in [2.05, 4.69) is 10.3 Å². The maximum atomic E-state index is 12.5. The number of nitrogens with zero attached hydrogens (tertiary/aromatic N) is 2. The number of carbonyl (C=O) groups is 2. The summed E-state index contributed by atoms with van der Waals surface area (Å²) < 4.78 is 6.14. The number of nitrogens with one attached hydrogen (secondary N) is 1. The molecule has 2 amide bonds. The van der Waals surface area contributed by atoms with E-state index >= 15 is 0 Å². The predicted molar refractivity (Wildman–Crippen MR) is 96.3 cm³/mol. The van der Waals surface area contributed by atoms with Crippen molar-refractivity contribution in [2.24, 2.45) is 5.92 Å². The first-order valence-electron chi connectivity index (χ1n) is 9.76. The van der Waals surface area contributed by atoms with E-state index in [0.29, 0.717) is 13.0 Å². The lowest BCUT2D eigenvalue weighted by Gasteiger charge is -2.46. The molecule has 3 aliphatic rings. The van der Waals surface area contributed by atoms with Crippen molar-refractivity contribution in [1.29, 1.82) is 0 Å². The number of likely N-dealkylation sites (tertiary alicyclic amines) is 1. The Balaban J connectivity index is 1.29. The highest BCUT2D eigenvalue weighted by atomic mass is 16.5. The molecule has 0 radical (unpaired) electrons. The van der Waals surface area contributed by atoms with Crippen molar-refractivity contribution in [2.75, 3.05) is 19.7 Å². The van der Waals surface area contributed by atoms with Crippen LogP contribution >= 0.6 is 0 Å². The van der Waals surface area contributed by atoms with Crippen LogP contribution < -0.4 is 5.32 Å². The minimum Gasteiger partial charge on any atom is -0.375 e. The number of aromatic nitrogens is 1. The standard InChI is InChI=1S/C20H27N3O3/c24-18(13-16-3-1-2-9-21-16)23-10-7-20(8-11-23)14-17(6-12-26-20)22-19(25)15-4-5-15/h1-3,9,15,17H,4-8,10-14H2,(H,22,25)/t17-/m1/s1. The van der Waals surface area contributed by atoms with Crippen LogP contribution in [0.3, 0.4) is 0 Å². The van der Waals surface area contributed by atoms with E-state index < -0.39 is 0 Å². The summed E-state index contributed by atoms with van der Waals surface area (Å²) >= 11 is 0. The van der Waals surface area contributed by atoms with Gasteiger partial charge in [-0.2, -0.15) is 0 Å². The van der Waals surface area contributed by atoms with Gasteiger partial charge < -0.3 is 15.0 Å². The zero-order valence-electron chi connectivity index (χ0n) is 15.2. The molecule has 0 bridgehead atoms. The van der Waals surface area contributed by atoms with Gasteiger partial charge in [-0.3, -0.25) is 14.6 Å². The van der Waals surface area contributed by atoms with Crippen LogP contribution in [-0.4, -0.2) is 53.0 Å². The van der Waals surface area contributed by atoms with Crippen LogP contribution in [0, 0.1) is 5.92 Å². The molecule has 1 aliphatic carbocycles. The monoisotopic (exact) mass is 357 g/mol. The second-order valence-corrected chi connectivity index (χ2v) is 7.88. The summed E-state index contributed by atoms with van der Waals surface area (Å²) in [4.78, 5) is 30.7. The Kier molecular flexibility index (Phi) is 4.94. The number of ether oxygens (including phenoxy) is 1. The maximum absolute atomic E-state index is 12.5. The second kappa shape index (κ2) is 7.35. The lowest BCUT2D eigenvalue weighted by atomic mass is 9.82. The lowest BCUT2D eigenvalue weighted by molar-refractivity contribution is -0.145. The molecular weight excluding hydrogens is 330 g/mol. The Morgan fingerprint density at radius 1 is 1.23 bits per heavy atom. The Bertz CT molecular complexity index is 652. The zero-order valence-corrected chi connectivity index (χ0v) is 15.2. The molecule has 1 spiro atoms. The van der Waals surface area contributed by atoms with Gasteiger partial charge in [0.05, 0.1) is 12.0 Å². The molecule has 1 aromatic heterocycles. The van der Waals surface area contributed by atoms with Gasteiger partial charge in [-0.25, -0.2) is 0 Å². The van der Waals surface area contributed by atoms with Gasteiger partial charge in [0.15, 0.2) is 0 Å². The summed E-state index contributed by atoms with van der Waals surface area (Å²) in [5, 5.41) is 3.21. The number of pyridine rings is 1. The minimum atomic E-state index is -0.179. The maximum Gasteiger partial charge on any atom is 0.228 e. The summed E-state index contributed by atoms with van der Waals surface area (Å²) in [6, 6.07) is 5.87. The van der Waals surface area contributed by atoms with Gasteiger partial charge in [-0.15, -0.1) is 0 Å². The predicted octanol–water partition coefficient (Wildman–Crippen LogP) is 1.69. The molecule has 140 valence electrons. The van der Waals surface area contributed by atoms with Crippen molar-refractivity contribution in [2.45, 2.75) is 56.6 Å². The Labute approximate surface area is 154 Å². The zero-order chi connectivity index (χ0) is 18.0. The van der Waals surface area contributed by atoms with Crippen molar-refractivity contribution in [3.63, 3.8) is 0 Å². The van der Waals surface area contributed by atoms with Gasteiger partial charge in [-0.05, 0) is 50.7 Å². The van der Waals surface area contributed by atoms with Crippen LogP contribution in [0.25, 0.3) is 0 Å². The SMILES string of the molecule is O=C(N[C@@H]1CCOC2(CCN(C(=O)Cc3ccccn3)CC2)C1)C1CC1. The highest BCUT2D eigenvalue weighted by molar-refractivity contribution is 5.81. The van der Waals surface area contributed by atoms with Crippen molar-refractivity contribution >= 4 is 11.8 Å². The molecule has 0 aromatic carbocycles. The van der Waals surface area contributed by atoms with E-state index in [1.54, 1.807) is 6.20 Å². The van der Waals surface area contributed by atoms with Gasteiger partial charge in [0.2, 0.25) is 11.8 Å². The molecule has 26 heavy (non-hydrogen) atoms. The Morgan fingerprint density at radius 2 is 2.04 bits per heavy atom. The number of hydrogen-bond acceptors (Lipinski definition) is 4. The molecule has 2 saturated heterocycles. The van der Waals surface area contributed by atoms with Crippen LogP contribution in [0.15, 0.2) is 24.4 Å². The van der Waals surface area contributed by atoms with Crippen LogP contribution in [0.2, 0.25) is 0 Å². The average molecular weight is 357 g/mol. The van der Waals surface area contributed by atoms with Gasteiger partial charge in [0.1, 0.15) is 0 Å². The summed E-state index contributed by atoms with van der Waals surface area (Å²) in [6.45, 7) is 2.13. The summed E-state index contributed by atoms with van der Waals surface area (Å²) in [5.74, 6) is 0.600. The highest BCUT2D eigenvalue weighted by Gasteiger charge is 2.42. The molecular formula is C20H27N3O3. The van der Waals surface area contributed by atoms with Crippen molar-refractivity contribution in [1.82, 2.24) is 15.2 Å². The number of amides is 2. The smallest absolute Gasteiger partial charge is 0.228 e. The van der Waals surface area contributed by atoms with Crippen LogP contribution in [-0.2, 0) is 20.7 Å². The molecule has 3 fully saturated rings. The lowest BCUT2D eigenvalue weighted by Crippen LogP contribution is -2.54. The Hall–Kier alpha value is -1.95. The third-order valence-corrected chi connectivity index (χ3v) is 5.87. The topological polar surface area (TPSA) is 71.5 Å². The number of hydrogen-bond donors (Lipinski definition) is 1. The molecule has 1 saturated carbocycles. The van der Waals surface area contributed by atoms with E-state index in [0.717, 1.165) is 57.3 Å². The largest absolute Gasteiger partial charge is 0.375 e. The van der Waals surface area contributed by atoms with Gasteiger partial charge in [0, 0.05) is 43.5 Å². The number of carbonyl (C=O) groups excluding carboxylic acids is 2. The van der Waals surface area contributed by atoms with Gasteiger partial charge in [0.25, 0.3) is 0 Å². The molecule has 4 rings (SSSR count). The van der Waals surface area contributed by atoms with Crippen LogP contribution in [0.1, 0.15) is 44.2 Å². The fourth-order valence-corrected chi connectivity index (χ4v) is 4.10. The normalized spacial score (nSPS) is 25.1. The van der Waals surface area contributed by atoms with E-state index in [1.807, 2.05) is 23.1 Å². The quantitative estimate of drug-likeness (QED) is 0.890. The van der Waals surface area contributed by atoms with Crippen molar-refractivity contribution in [3.05, 3.63) is 30.1 Å². The fraction of sp³-hybridized carbons (Fsp3) is 0.650. The summed E-state index contributed by atoms with van der Waals surface area (Å²) in [6.07, 6.45) is 7.60. The van der Waals surface area contributed by atoms with Gasteiger partial charge >= 0.3 is 0 Å². The average Bonchev–Trinajstić information content (AvgIpc) is 3.48. The van der Waals surface area contributed by atoms with E-state index in [-0.39, 0.29) is 29.4 Å². The van der Waals surface area contributed by atoms with Crippen LogP contribution in [0.5, 0.6) is 0 Å². The molecule has 6 nitrogen and oxygen atoms in total. The number of piperidine rings is 1. The molecule has 3 heterocycles. The van der Waals surface area contributed by atoms with Crippen LogP contribution in [0.4, 0.5) is 0 Å². The van der Waals surface area contributed by atoms with E-state index in [9.17, 15) is 9.59 Å². The molecule has 2 aliphatic heterocycles. The third kappa shape index (κ3) is 4.06. The highest BCUT2D eigenvalue weighted by Crippen LogP contribution is 2.36. The molecule has 0 unspecified atom stereocenters. The molecule has 1 N–H and O–H groups in total. The van der Waals surface area contributed by atoms with Crippen molar-refractivity contribution in [3.8, 4) is 0 Å². The second-order valence-electron chi connectivity index (χ2n) is 7.88. The number of rotatable bonds is 4. The first kappa shape index (κ1) is 17.5. The molecule has 1 atom stereocenters. The summed E-state index contributed by atoms with van der Waals surface area (Å²) in [7, 11) is 0. The van der Waals surface area contributed by atoms with E-state index in [1.165, 1.54) is 0 Å². The summed E-state index contributed by atoms with van der Waals surface area (Å²) in [5.41, 5.74) is 0.635.